The summed E-state index contributed by atoms with van der Waals surface area (Å²) in [6.07, 6.45) is 23.1. The van der Waals surface area contributed by atoms with Crippen LogP contribution in [0.3, 0.4) is 0 Å². The molecule has 0 aliphatic heterocycles. The van der Waals surface area contributed by atoms with Gasteiger partial charge in [-0.1, -0.05) is 140 Å². The van der Waals surface area contributed by atoms with Gasteiger partial charge in [0, 0.05) is 10.8 Å². The molecule has 2 N–H and O–H groups in total. The molecule has 3 heteroatoms. The highest BCUT2D eigenvalue weighted by molar-refractivity contribution is 6.13. The zero-order valence-corrected chi connectivity index (χ0v) is 21.5. The second kappa shape index (κ2) is 14.9. The molecule has 0 unspecified atom stereocenters. The molecule has 0 radical (unpaired) electrons. The molecule has 0 saturated carbocycles. The summed E-state index contributed by atoms with van der Waals surface area (Å²) in [5.41, 5.74) is 8.91. The van der Waals surface area contributed by atoms with Crippen molar-refractivity contribution in [2.24, 2.45) is 5.73 Å². The lowest BCUT2D eigenvalue weighted by Gasteiger charge is -2.08. The number of para-hydroxylation sites is 2. The average molecular weight is 463 g/mol. The number of amides is 1. The van der Waals surface area contributed by atoms with Crippen LogP contribution in [0.1, 0.15) is 115 Å². The van der Waals surface area contributed by atoms with E-state index in [0.717, 1.165) is 34.6 Å². The first-order valence-corrected chi connectivity index (χ1v) is 14.0. The zero-order chi connectivity index (χ0) is 24.0. The number of nitrogens with two attached hydrogens (primary N) is 1. The van der Waals surface area contributed by atoms with E-state index < -0.39 is 6.03 Å². The van der Waals surface area contributed by atoms with Crippen molar-refractivity contribution in [2.45, 2.75) is 116 Å². The maximum Gasteiger partial charge on any atom is 0.323 e. The van der Waals surface area contributed by atoms with Crippen LogP contribution in [0, 0.1) is 0 Å². The van der Waals surface area contributed by atoms with E-state index in [1.54, 1.807) is 4.57 Å². The van der Waals surface area contributed by atoms with Crippen molar-refractivity contribution in [2.75, 3.05) is 0 Å². The van der Waals surface area contributed by atoms with Gasteiger partial charge in [0.2, 0.25) is 0 Å². The number of hydrogen-bond acceptors (Lipinski definition) is 1. The van der Waals surface area contributed by atoms with E-state index in [1.807, 2.05) is 18.2 Å². The van der Waals surface area contributed by atoms with E-state index in [9.17, 15) is 4.79 Å². The van der Waals surface area contributed by atoms with Crippen molar-refractivity contribution < 1.29 is 4.79 Å². The summed E-state index contributed by atoms with van der Waals surface area (Å²) in [6, 6.07) is 14.0. The number of aromatic nitrogens is 1. The number of primary amides is 1. The van der Waals surface area contributed by atoms with Gasteiger partial charge >= 0.3 is 6.03 Å². The van der Waals surface area contributed by atoms with Gasteiger partial charge in [-0.25, -0.2) is 4.79 Å². The van der Waals surface area contributed by atoms with Crippen molar-refractivity contribution in [3.05, 3.63) is 48.0 Å². The molecule has 3 aromatic rings. The van der Waals surface area contributed by atoms with E-state index in [1.165, 1.54) is 102 Å². The summed E-state index contributed by atoms with van der Waals surface area (Å²) >= 11 is 0. The summed E-state index contributed by atoms with van der Waals surface area (Å²) in [5, 5.41) is 2.23. The van der Waals surface area contributed by atoms with Gasteiger partial charge < -0.3 is 5.73 Å². The van der Waals surface area contributed by atoms with Crippen molar-refractivity contribution in [1.82, 2.24) is 4.57 Å². The SMILES string of the molecule is CCCCCCCCCCCCCCCCCCc1cccc2c3ccccc3n(C(N)=O)c12. The Bertz CT molecular complexity index is 1000. The number of carbonyl (C=O) groups excluding carboxylic acids is 1. The van der Waals surface area contributed by atoms with Gasteiger partial charge in [-0.05, 0) is 24.5 Å². The van der Waals surface area contributed by atoms with Gasteiger partial charge in [-0.15, -0.1) is 0 Å². The van der Waals surface area contributed by atoms with Crippen molar-refractivity contribution >= 4 is 27.8 Å². The minimum absolute atomic E-state index is 0.398. The van der Waals surface area contributed by atoms with Crippen LogP contribution in [0.2, 0.25) is 0 Å². The van der Waals surface area contributed by atoms with Gasteiger partial charge in [0.25, 0.3) is 0 Å². The van der Waals surface area contributed by atoms with E-state index >= 15 is 0 Å². The number of nitrogens with zero attached hydrogens (tertiary/aromatic N) is 1. The largest absolute Gasteiger partial charge is 0.351 e. The average Bonchev–Trinajstić information content (AvgIpc) is 3.19. The van der Waals surface area contributed by atoms with Gasteiger partial charge in [-0.2, -0.15) is 0 Å². The summed E-state index contributed by atoms with van der Waals surface area (Å²) in [7, 11) is 0. The molecule has 0 saturated heterocycles. The van der Waals surface area contributed by atoms with Crippen LogP contribution in [-0.4, -0.2) is 10.6 Å². The standard InChI is InChI=1S/C31H46N2O/c1-2-3-4-5-6-7-8-9-10-11-12-13-14-15-16-17-21-26-22-20-24-28-27-23-18-19-25-29(27)33(30(26)28)31(32)34/h18-20,22-25H,2-17,21H2,1H3,(H2,32,34). The molecule has 0 aliphatic carbocycles. The Hall–Kier alpha value is -2.29. The predicted molar refractivity (Wildman–Crippen MR) is 148 cm³/mol. The lowest BCUT2D eigenvalue weighted by molar-refractivity contribution is 0.252. The Morgan fingerprint density at radius 3 is 1.71 bits per heavy atom. The topological polar surface area (TPSA) is 48.0 Å². The fourth-order valence-electron chi connectivity index (χ4n) is 5.38. The third-order valence-electron chi connectivity index (χ3n) is 7.30. The molecule has 0 spiro atoms. The zero-order valence-electron chi connectivity index (χ0n) is 21.5. The summed E-state index contributed by atoms with van der Waals surface area (Å²) in [4.78, 5) is 12.3. The molecule has 34 heavy (non-hydrogen) atoms. The number of hydrogen-bond donors (Lipinski definition) is 1. The molecule has 0 aliphatic rings. The van der Waals surface area contributed by atoms with E-state index in [2.05, 4.69) is 31.2 Å². The first kappa shape index (κ1) is 26.3. The smallest absolute Gasteiger partial charge is 0.323 e. The molecule has 1 aromatic heterocycles. The van der Waals surface area contributed by atoms with E-state index in [-0.39, 0.29) is 0 Å². The molecule has 0 bridgehead atoms. The van der Waals surface area contributed by atoms with Gasteiger partial charge in [0.15, 0.2) is 0 Å². The highest BCUT2D eigenvalue weighted by Gasteiger charge is 2.16. The Morgan fingerprint density at radius 2 is 1.15 bits per heavy atom. The second-order valence-corrected chi connectivity index (χ2v) is 10.1. The maximum atomic E-state index is 12.3. The third kappa shape index (κ3) is 7.61. The lowest BCUT2D eigenvalue weighted by atomic mass is 10.0. The molecule has 0 atom stereocenters. The highest BCUT2D eigenvalue weighted by atomic mass is 16.2. The Balaban J connectivity index is 1.30. The number of carbonyl (C=O) groups is 1. The van der Waals surface area contributed by atoms with Crippen LogP contribution in [0.15, 0.2) is 42.5 Å². The predicted octanol–water partition coefficient (Wildman–Crippen LogP) is 9.53. The minimum Gasteiger partial charge on any atom is -0.351 e. The fourth-order valence-corrected chi connectivity index (χ4v) is 5.38. The minimum atomic E-state index is -0.398. The van der Waals surface area contributed by atoms with Crippen molar-refractivity contribution in [3.8, 4) is 0 Å². The first-order chi connectivity index (χ1) is 16.7. The summed E-state index contributed by atoms with van der Waals surface area (Å²) in [6.45, 7) is 2.29. The molecular formula is C31H46N2O. The second-order valence-electron chi connectivity index (χ2n) is 10.1. The Labute approximate surface area is 207 Å². The molecule has 3 rings (SSSR count). The quantitative estimate of drug-likeness (QED) is 0.199. The van der Waals surface area contributed by atoms with Crippen LogP contribution < -0.4 is 5.73 Å². The first-order valence-electron chi connectivity index (χ1n) is 14.0. The molecule has 1 heterocycles. The van der Waals surface area contributed by atoms with Crippen LogP contribution in [-0.2, 0) is 6.42 Å². The molecule has 2 aromatic carbocycles. The van der Waals surface area contributed by atoms with Crippen LogP contribution in [0.5, 0.6) is 0 Å². The number of rotatable bonds is 17. The van der Waals surface area contributed by atoms with E-state index in [0.29, 0.717) is 0 Å². The molecule has 0 fully saturated rings. The Morgan fingerprint density at radius 1 is 0.647 bits per heavy atom. The van der Waals surface area contributed by atoms with Gasteiger partial charge in [0.05, 0.1) is 11.0 Å². The third-order valence-corrected chi connectivity index (χ3v) is 7.30. The lowest BCUT2D eigenvalue weighted by Crippen LogP contribution is -2.19. The van der Waals surface area contributed by atoms with Crippen LogP contribution in [0.4, 0.5) is 4.79 Å². The van der Waals surface area contributed by atoms with E-state index in [4.69, 9.17) is 5.73 Å². The normalized spacial score (nSPS) is 11.6. The Kier molecular flexibility index (Phi) is 11.5. The molecule has 186 valence electrons. The highest BCUT2D eigenvalue weighted by Crippen LogP contribution is 2.31. The number of fused-ring (bicyclic) bond motifs is 3. The van der Waals surface area contributed by atoms with Gasteiger partial charge in [-0.3, -0.25) is 4.57 Å². The van der Waals surface area contributed by atoms with Crippen molar-refractivity contribution in [1.29, 1.82) is 0 Å². The van der Waals surface area contributed by atoms with Gasteiger partial charge in [0.1, 0.15) is 0 Å². The monoisotopic (exact) mass is 462 g/mol. The molecule has 3 nitrogen and oxygen atoms in total. The maximum absolute atomic E-state index is 12.3. The summed E-state index contributed by atoms with van der Waals surface area (Å²) < 4.78 is 1.70. The van der Waals surface area contributed by atoms with Crippen LogP contribution >= 0.6 is 0 Å². The van der Waals surface area contributed by atoms with Crippen LogP contribution in [0.25, 0.3) is 21.8 Å². The number of unbranched alkanes of at least 4 members (excludes halogenated alkanes) is 15. The fraction of sp³-hybridized carbons (Fsp3) is 0.581. The number of aryl methyl sites for hydroxylation is 1. The molecule has 1 amide bonds. The molecular weight excluding hydrogens is 416 g/mol. The summed E-state index contributed by atoms with van der Waals surface area (Å²) in [5.74, 6) is 0. The van der Waals surface area contributed by atoms with Crippen molar-refractivity contribution in [3.63, 3.8) is 0 Å². The number of benzene rings is 2.